The van der Waals surface area contributed by atoms with Crippen molar-refractivity contribution in [3.8, 4) is 0 Å². The van der Waals surface area contributed by atoms with Gasteiger partial charge >= 0.3 is 11.9 Å². The van der Waals surface area contributed by atoms with Gasteiger partial charge in [-0.25, -0.2) is 0 Å². The summed E-state index contributed by atoms with van der Waals surface area (Å²) >= 11 is 0. The van der Waals surface area contributed by atoms with Crippen molar-refractivity contribution in [3.63, 3.8) is 0 Å². The number of aliphatic hydroxyl groups excluding tert-OH is 1. The normalized spacial score (nSPS) is 28.5. The smallest absolute Gasteiger partial charge is 0.303 e. The molecule has 1 N–H and O–H groups in total. The van der Waals surface area contributed by atoms with Gasteiger partial charge in [0.2, 0.25) is 0 Å². The van der Waals surface area contributed by atoms with Crippen molar-refractivity contribution in [2.24, 2.45) is 0 Å². The molecule has 7 nitrogen and oxygen atoms in total. The van der Waals surface area contributed by atoms with Crippen molar-refractivity contribution >= 4 is 20.3 Å². The molecule has 0 aromatic carbocycles. The average molecular weight is 348 g/mol. The Kier molecular flexibility index (Phi) is 6.37. The highest BCUT2D eigenvalue weighted by Crippen LogP contribution is 2.37. The second-order valence-corrected chi connectivity index (χ2v) is 12.1. The Labute approximate surface area is 138 Å². The van der Waals surface area contributed by atoms with Gasteiger partial charge in [0.1, 0.15) is 6.10 Å². The van der Waals surface area contributed by atoms with Gasteiger partial charge in [-0.1, -0.05) is 20.8 Å². The van der Waals surface area contributed by atoms with Crippen molar-refractivity contribution in [1.29, 1.82) is 0 Å². The second-order valence-electron chi connectivity index (χ2n) is 7.28. The molecule has 0 aliphatic carbocycles. The molecule has 0 bridgehead atoms. The fourth-order valence-corrected chi connectivity index (χ4v) is 3.01. The first-order valence-electron chi connectivity index (χ1n) is 7.67. The maximum Gasteiger partial charge on any atom is 0.303 e. The van der Waals surface area contributed by atoms with Crippen LogP contribution in [0.25, 0.3) is 0 Å². The summed E-state index contributed by atoms with van der Waals surface area (Å²) in [5.74, 6) is -1.12. The van der Waals surface area contributed by atoms with E-state index in [0.29, 0.717) is 0 Å². The highest BCUT2D eigenvalue weighted by Gasteiger charge is 2.49. The molecule has 0 spiro atoms. The second kappa shape index (κ2) is 7.29. The molecule has 1 unspecified atom stereocenters. The van der Waals surface area contributed by atoms with Crippen LogP contribution in [-0.2, 0) is 28.2 Å². The van der Waals surface area contributed by atoms with E-state index in [4.69, 9.17) is 18.6 Å². The number of rotatable bonds is 5. The number of ether oxygens (including phenoxy) is 3. The van der Waals surface area contributed by atoms with Gasteiger partial charge < -0.3 is 23.7 Å². The lowest BCUT2D eigenvalue weighted by molar-refractivity contribution is -0.174. The zero-order valence-corrected chi connectivity index (χ0v) is 15.9. The molecule has 0 aromatic rings. The van der Waals surface area contributed by atoms with Crippen LogP contribution in [0.15, 0.2) is 0 Å². The Morgan fingerprint density at radius 1 is 1.09 bits per heavy atom. The summed E-state index contributed by atoms with van der Waals surface area (Å²) in [7, 11) is -2.03. The lowest BCUT2D eigenvalue weighted by Gasteiger charge is -2.37. The summed E-state index contributed by atoms with van der Waals surface area (Å²) in [6, 6.07) is 0. The number of esters is 2. The van der Waals surface area contributed by atoms with Crippen molar-refractivity contribution in [2.75, 3.05) is 6.61 Å². The van der Waals surface area contributed by atoms with E-state index < -0.39 is 44.9 Å². The molecule has 4 atom stereocenters. The van der Waals surface area contributed by atoms with E-state index in [9.17, 15) is 14.7 Å². The molecule has 0 saturated carbocycles. The topological polar surface area (TPSA) is 91.3 Å². The third-order valence-electron chi connectivity index (χ3n) is 4.30. The Hall–Kier alpha value is -0.963. The molecule has 0 aromatic heterocycles. The molecular weight excluding hydrogens is 320 g/mol. The van der Waals surface area contributed by atoms with Crippen molar-refractivity contribution in [1.82, 2.24) is 0 Å². The largest absolute Gasteiger partial charge is 0.455 e. The van der Waals surface area contributed by atoms with E-state index in [2.05, 4.69) is 33.9 Å². The number of hydrogen-bond donors (Lipinski definition) is 1. The quantitative estimate of drug-likeness (QED) is 0.596. The SMILES string of the molecule is CC(=O)O[C@@H]1[C@@H](CO[Si](C)(C)C(C)(C)C)OC(O)[C@@H]1OC(C)=O. The van der Waals surface area contributed by atoms with Crippen LogP contribution in [0.2, 0.25) is 18.1 Å². The molecule has 134 valence electrons. The summed E-state index contributed by atoms with van der Waals surface area (Å²) < 4.78 is 21.7. The van der Waals surface area contributed by atoms with Gasteiger partial charge in [-0.2, -0.15) is 0 Å². The van der Waals surface area contributed by atoms with Crippen LogP contribution >= 0.6 is 0 Å². The minimum Gasteiger partial charge on any atom is -0.455 e. The van der Waals surface area contributed by atoms with E-state index in [-0.39, 0.29) is 11.6 Å². The maximum absolute atomic E-state index is 11.3. The first kappa shape index (κ1) is 20.1. The average Bonchev–Trinajstić information content (AvgIpc) is 2.62. The lowest BCUT2D eigenvalue weighted by atomic mass is 10.1. The molecular formula is C15H28O7Si. The summed E-state index contributed by atoms with van der Waals surface area (Å²) in [5.41, 5.74) is 0. The third-order valence-corrected chi connectivity index (χ3v) is 8.80. The molecule has 1 heterocycles. The fourth-order valence-electron chi connectivity index (χ4n) is 2.00. The molecule has 1 aliphatic rings. The molecule has 1 fully saturated rings. The molecule has 0 radical (unpaired) electrons. The number of carbonyl (C=O) groups is 2. The predicted molar refractivity (Wildman–Crippen MR) is 85.1 cm³/mol. The monoisotopic (exact) mass is 348 g/mol. The van der Waals surface area contributed by atoms with Crippen LogP contribution < -0.4 is 0 Å². The number of hydrogen-bond acceptors (Lipinski definition) is 7. The molecule has 1 saturated heterocycles. The Balaban J connectivity index is 2.83. The zero-order valence-electron chi connectivity index (χ0n) is 14.9. The molecule has 0 amide bonds. The minimum absolute atomic E-state index is 0.0104. The Morgan fingerprint density at radius 3 is 2.00 bits per heavy atom. The molecule has 1 rings (SSSR count). The van der Waals surface area contributed by atoms with Crippen LogP contribution in [0, 0.1) is 0 Å². The van der Waals surface area contributed by atoms with Crippen LogP contribution in [0.1, 0.15) is 34.6 Å². The van der Waals surface area contributed by atoms with Crippen LogP contribution in [0.5, 0.6) is 0 Å². The Bertz CT molecular complexity index is 444. The van der Waals surface area contributed by atoms with Crippen molar-refractivity contribution in [3.05, 3.63) is 0 Å². The minimum atomic E-state index is -2.03. The van der Waals surface area contributed by atoms with Gasteiger partial charge in [0.25, 0.3) is 0 Å². The van der Waals surface area contributed by atoms with E-state index in [1.165, 1.54) is 13.8 Å². The van der Waals surface area contributed by atoms with Crippen LogP contribution in [0.4, 0.5) is 0 Å². The number of aliphatic hydroxyl groups is 1. The van der Waals surface area contributed by atoms with E-state index in [0.717, 1.165) is 0 Å². The first-order chi connectivity index (χ1) is 10.3. The maximum atomic E-state index is 11.3. The van der Waals surface area contributed by atoms with E-state index in [1.54, 1.807) is 0 Å². The van der Waals surface area contributed by atoms with Gasteiger partial charge in [-0.05, 0) is 18.1 Å². The lowest BCUT2D eigenvalue weighted by Crippen LogP contribution is -2.46. The zero-order chi connectivity index (χ0) is 18.0. The summed E-state index contributed by atoms with van der Waals surface area (Å²) in [6.45, 7) is 13.1. The standard InChI is InChI=1S/C15H28O7Si/c1-9(16)20-12-11(8-19-23(6,7)15(3,4)5)22-14(18)13(12)21-10(2)17/h11-14,18H,8H2,1-7H3/t11-,12-,13-,14?/m1/s1. The number of carbonyl (C=O) groups excluding carboxylic acids is 2. The van der Waals surface area contributed by atoms with Crippen LogP contribution in [0.3, 0.4) is 0 Å². The highest BCUT2D eigenvalue weighted by atomic mass is 28.4. The molecule has 23 heavy (non-hydrogen) atoms. The van der Waals surface area contributed by atoms with E-state index in [1.807, 2.05) is 0 Å². The van der Waals surface area contributed by atoms with Gasteiger partial charge in [-0.15, -0.1) is 0 Å². The van der Waals surface area contributed by atoms with Crippen LogP contribution in [-0.4, -0.2) is 56.6 Å². The first-order valence-corrected chi connectivity index (χ1v) is 10.6. The van der Waals surface area contributed by atoms with E-state index >= 15 is 0 Å². The van der Waals surface area contributed by atoms with Crippen molar-refractivity contribution < 1.29 is 33.3 Å². The van der Waals surface area contributed by atoms with Gasteiger partial charge in [0.05, 0.1) is 6.61 Å². The summed E-state index contributed by atoms with van der Waals surface area (Å²) in [4.78, 5) is 22.5. The summed E-state index contributed by atoms with van der Waals surface area (Å²) in [5, 5.41) is 9.96. The van der Waals surface area contributed by atoms with Gasteiger partial charge in [-0.3, -0.25) is 9.59 Å². The van der Waals surface area contributed by atoms with Gasteiger partial charge in [0.15, 0.2) is 26.8 Å². The van der Waals surface area contributed by atoms with Crippen molar-refractivity contribution in [2.45, 2.75) is 77.4 Å². The highest BCUT2D eigenvalue weighted by molar-refractivity contribution is 6.74. The Morgan fingerprint density at radius 2 is 1.57 bits per heavy atom. The molecule has 8 heteroatoms. The fraction of sp³-hybridized carbons (Fsp3) is 0.867. The molecule has 1 aliphatic heterocycles. The third kappa shape index (κ3) is 5.27. The predicted octanol–water partition coefficient (Wildman–Crippen LogP) is 1.59. The van der Waals surface area contributed by atoms with Gasteiger partial charge in [0, 0.05) is 13.8 Å². The summed E-state index contributed by atoms with van der Waals surface area (Å²) in [6.07, 6.45) is -3.98.